The van der Waals surface area contributed by atoms with Gasteiger partial charge < -0.3 is 30.3 Å². The van der Waals surface area contributed by atoms with E-state index in [0.717, 1.165) is 19.2 Å². The number of hydrogen-bond acceptors (Lipinski definition) is 9. The Morgan fingerprint density at radius 3 is 2.54 bits per heavy atom. The number of nitrogens with two attached hydrogens (primary N) is 1. The standard InChI is InChI=1S/C31H32F5N7O3/c1-13-14(2)39-26-21-20(13)22(33)23(17-6-16(37)7-18(32)25(17)46-31(34,35)36)40-27(21)45-15(3)24-19-4-5-30(41-19,12-43(24)26)28(44)42-10-29(11-42)8-38-9-29/h6-7,15,19,24,38,41H,4-5,8-12,37H2,1-3H3. The zero-order valence-electron chi connectivity index (χ0n) is 25.3. The van der Waals surface area contributed by atoms with E-state index in [-0.39, 0.29) is 52.3 Å². The molecule has 4 unspecified atom stereocenters. The van der Waals surface area contributed by atoms with Crippen molar-refractivity contribution in [2.45, 2.75) is 63.7 Å². The Kier molecular flexibility index (Phi) is 6.10. The van der Waals surface area contributed by atoms with Crippen LogP contribution in [0.5, 0.6) is 11.6 Å². The fraction of sp³-hybridized carbons (Fsp3) is 0.516. The molecule has 4 atom stereocenters. The van der Waals surface area contributed by atoms with Crippen LogP contribution in [0.1, 0.15) is 31.0 Å². The van der Waals surface area contributed by atoms with Crippen LogP contribution in [0, 0.1) is 30.9 Å². The molecule has 4 fully saturated rings. The van der Waals surface area contributed by atoms with Gasteiger partial charge >= 0.3 is 6.36 Å². The number of carbonyl (C=O) groups excluding carboxylic acids is 1. The summed E-state index contributed by atoms with van der Waals surface area (Å²) in [6.45, 7) is 8.64. The molecule has 2 aromatic heterocycles. The number of halogens is 5. The monoisotopic (exact) mass is 645 g/mol. The maximum atomic E-state index is 16.7. The highest BCUT2D eigenvalue weighted by molar-refractivity contribution is 6.02. The molecular formula is C31H32F5N7O3. The van der Waals surface area contributed by atoms with Crippen LogP contribution in [-0.4, -0.2) is 83.6 Å². The third kappa shape index (κ3) is 4.16. The topological polar surface area (TPSA) is 118 Å². The molecule has 7 heterocycles. The normalized spacial score (nSPS) is 27.5. The van der Waals surface area contributed by atoms with E-state index in [0.29, 0.717) is 49.1 Å². The Balaban J connectivity index is 1.28. The summed E-state index contributed by atoms with van der Waals surface area (Å²) in [6.07, 6.45) is -4.52. The molecule has 0 radical (unpaired) electrons. The number of hydrogen-bond donors (Lipinski definition) is 3. The van der Waals surface area contributed by atoms with Crippen molar-refractivity contribution >= 4 is 28.2 Å². The highest BCUT2D eigenvalue weighted by Gasteiger charge is 2.60. The van der Waals surface area contributed by atoms with Gasteiger partial charge in [0.2, 0.25) is 11.8 Å². The quantitative estimate of drug-likeness (QED) is 0.291. The number of aryl methyl sites for hydroxylation is 2. The minimum Gasteiger partial charge on any atom is -0.472 e. The Morgan fingerprint density at radius 1 is 1.13 bits per heavy atom. The maximum absolute atomic E-state index is 16.7. The van der Waals surface area contributed by atoms with Gasteiger partial charge in [-0.05, 0) is 45.2 Å². The van der Waals surface area contributed by atoms with Gasteiger partial charge in [-0.15, -0.1) is 13.2 Å². The van der Waals surface area contributed by atoms with Crippen molar-refractivity contribution < 1.29 is 36.2 Å². The van der Waals surface area contributed by atoms with E-state index in [4.69, 9.17) is 15.5 Å². The summed E-state index contributed by atoms with van der Waals surface area (Å²) in [4.78, 5) is 27.2. The molecule has 5 aliphatic rings. The van der Waals surface area contributed by atoms with Gasteiger partial charge in [0.1, 0.15) is 23.2 Å². The van der Waals surface area contributed by atoms with Gasteiger partial charge in [0, 0.05) is 67.0 Å². The first-order valence-corrected chi connectivity index (χ1v) is 15.3. The first kappa shape index (κ1) is 29.4. The Morgan fingerprint density at radius 2 is 1.87 bits per heavy atom. The minimum atomic E-state index is -5.27. The highest BCUT2D eigenvalue weighted by atomic mass is 19.4. The number of pyridine rings is 2. The van der Waals surface area contributed by atoms with Crippen LogP contribution in [0.2, 0.25) is 0 Å². The number of piperazine rings is 1. The first-order valence-electron chi connectivity index (χ1n) is 15.3. The summed E-state index contributed by atoms with van der Waals surface area (Å²) in [6, 6.07) is 1.16. The molecule has 1 aromatic carbocycles. The smallest absolute Gasteiger partial charge is 0.472 e. The number of likely N-dealkylation sites (tertiary alicyclic amines) is 1. The molecule has 0 saturated carbocycles. The van der Waals surface area contributed by atoms with Gasteiger partial charge in [-0.25, -0.2) is 18.7 Å². The Hall–Kier alpha value is -3.98. The van der Waals surface area contributed by atoms with E-state index in [1.807, 2.05) is 16.7 Å². The molecule has 10 nitrogen and oxygen atoms in total. The van der Waals surface area contributed by atoms with Crippen molar-refractivity contribution in [2.24, 2.45) is 5.41 Å². The second-order valence-electron chi connectivity index (χ2n) is 13.5. The SMILES string of the molecule is Cc1nc2c3c(nc(-c4cc(N)cc(F)c4OC(F)(F)F)c(F)c3c1C)OC(C)C1C3CCC(C(=O)N4CC5(CNC5)C4)(CN21)N3. The fourth-order valence-electron chi connectivity index (χ4n) is 8.15. The average Bonchev–Trinajstić information content (AvgIpc) is 3.22. The number of anilines is 2. The molecule has 2 bridgehead atoms. The van der Waals surface area contributed by atoms with E-state index >= 15 is 4.39 Å². The number of aromatic nitrogens is 2. The first-order chi connectivity index (χ1) is 21.7. The summed E-state index contributed by atoms with van der Waals surface area (Å²) in [7, 11) is 0. The van der Waals surface area contributed by atoms with Gasteiger partial charge in [-0.2, -0.15) is 0 Å². The van der Waals surface area contributed by atoms with Crippen molar-refractivity contribution in [3.05, 3.63) is 35.0 Å². The van der Waals surface area contributed by atoms with Crippen LogP contribution in [0.25, 0.3) is 22.0 Å². The lowest BCUT2D eigenvalue weighted by Gasteiger charge is -2.58. The number of amides is 1. The van der Waals surface area contributed by atoms with E-state index < -0.39 is 46.6 Å². The number of fused-ring (bicyclic) bond motifs is 5. The lowest BCUT2D eigenvalue weighted by molar-refractivity contribution is -0.275. The number of nitrogen functional groups attached to an aromatic ring is 1. The minimum absolute atomic E-state index is 0.0181. The highest BCUT2D eigenvalue weighted by Crippen LogP contribution is 2.49. The molecule has 1 amide bonds. The summed E-state index contributed by atoms with van der Waals surface area (Å²) < 4.78 is 82.1. The molecule has 244 valence electrons. The molecule has 8 rings (SSSR count). The molecule has 4 saturated heterocycles. The van der Waals surface area contributed by atoms with Crippen LogP contribution < -0.4 is 30.7 Å². The van der Waals surface area contributed by atoms with Gasteiger partial charge in [0.15, 0.2) is 17.4 Å². The van der Waals surface area contributed by atoms with Crippen molar-refractivity contribution in [3.63, 3.8) is 0 Å². The van der Waals surface area contributed by atoms with Crippen molar-refractivity contribution in [1.29, 1.82) is 0 Å². The van der Waals surface area contributed by atoms with Crippen LogP contribution in [0.3, 0.4) is 0 Å². The summed E-state index contributed by atoms with van der Waals surface area (Å²) in [5, 5.41) is 7.16. The Labute approximate surface area is 260 Å². The summed E-state index contributed by atoms with van der Waals surface area (Å²) >= 11 is 0. The molecule has 3 aromatic rings. The number of ether oxygens (including phenoxy) is 2. The largest absolute Gasteiger partial charge is 0.573 e. The summed E-state index contributed by atoms with van der Waals surface area (Å²) in [5.41, 5.74) is 4.49. The zero-order valence-corrected chi connectivity index (χ0v) is 25.3. The molecule has 0 aliphatic carbocycles. The van der Waals surface area contributed by atoms with Crippen LogP contribution >= 0.6 is 0 Å². The molecule has 4 N–H and O–H groups in total. The molecule has 5 aliphatic heterocycles. The van der Waals surface area contributed by atoms with Gasteiger partial charge in [0.05, 0.1) is 17.0 Å². The van der Waals surface area contributed by atoms with E-state index in [2.05, 4.69) is 20.4 Å². The lowest BCUT2D eigenvalue weighted by Crippen LogP contribution is -2.77. The number of carbonyl (C=O) groups is 1. The van der Waals surface area contributed by atoms with Crippen LogP contribution in [0.15, 0.2) is 12.1 Å². The zero-order chi connectivity index (χ0) is 32.5. The van der Waals surface area contributed by atoms with E-state index in [9.17, 15) is 22.4 Å². The Bertz CT molecular complexity index is 1820. The van der Waals surface area contributed by atoms with Crippen molar-refractivity contribution in [1.82, 2.24) is 25.5 Å². The van der Waals surface area contributed by atoms with Crippen molar-refractivity contribution in [2.75, 3.05) is 43.4 Å². The second kappa shape index (κ2) is 9.53. The number of nitrogens with one attached hydrogen (secondary N) is 2. The van der Waals surface area contributed by atoms with E-state index in [1.165, 1.54) is 0 Å². The van der Waals surface area contributed by atoms with Crippen molar-refractivity contribution in [3.8, 4) is 22.9 Å². The van der Waals surface area contributed by atoms with Gasteiger partial charge in [-0.3, -0.25) is 10.1 Å². The lowest BCUT2D eigenvalue weighted by atomic mass is 9.73. The predicted octanol–water partition coefficient (Wildman–Crippen LogP) is 3.56. The number of rotatable bonds is 3. The third-order valence-corrected chi connectivity index (χ3v) is 10.4. The fourth-order valence-corrected chi connectivity index (χ4v) is 8.15. The van der Waals surface area contributed by atoms with Gasteiger partial charge in [0.25, 0.3) is 0 Å². The molecule has 1 spiro atoms. The summed E-state index contributed by atoms with van der Waals surface area (Å²) in [5.74, 6) is -3.34. The second-order valence-corrected chi connectivity index (χ2v) is 13.5. The van der Waals surface area contributed by atoms with Crippen LogP contribution in [0.4, 0.5) is 33.5 Å². The molecule has 15 heteroatoms. The number of benzene rings is 1. The predicted molar refractivity (Wildman–Crippen MR) is 157 cm³/mol. The van der Waals surface area contributed by atoms with Gasteiger partial charge in [-0.1, -0.05) is 0 Å². The molecular weight excluding hydrogens is 613 g/mol. The molecule has 46 heavy (non-hydrogen) atoms. The van der Waals surface area contributed by atoms with E-state index in [1.54, 1.807) is 13.8 Å². The number of alkyl halides is 3. The average molecular weight is 646 g/mol. The van der Waals surface area contributed by atoms with Crippen LogP contribution in [-0.2, 0) is 4.79 Å². The number of nitrogens with zero attached hydrogens (tertiary/aromatic N) is 4. The third-order valence-electron chi connectivity index (χ3n) is 10.4. The maximum Gasteiger partial charge on any atom is 0.573 e.